The molecule has 0 fully saturated rings. The van der Waals surface area contributed by atoms with E-state index in [0.717, 1.165) is 22.3 Å². The van der Waals surface area contributed by atoms with Crippen LogP contribution in [-0.2, 0) is 0 Å². The van der Waals surface area contributed by atoms with Crippen molar-refractivity contribution in [3.63, 3.8) is 0 Å². The van der Waals surface area contributed by atoms with Crippen molar-refractivity contribution in [3.05, 3.63) is 48.0 Å². The standard InChI is InChI=1S/C14H9N3OS/c1-2-4-12-10(3-1)17-14(18-12)16-9-5-6-13-11(7-9)15-8-19-13/h1-8H,(H,16,17). The summed E-state index contributed by atoms with van der Waals surface area (Å²) in [5.74, 6) is 0. The van der Waals surface area contributed by atoms with Gasteiger partial charge in [0.1, 0.15) is 5.52 Å². The molecule has 2 aromatic heterocycles. The van der Waals surface area contributed by atoms with Crippen LogP contribution in [0.4, 0.5) is 11.7 Å². The highest BCUT2D eigenvalue weighted by Gasteiger charge is 2.06. The van der Waals surface area contributed by atoms with Gasteiger partial charge in [-0.25, -0.2) is 4.98 Å². The third kappa shape index (κ3) is 1.84. The molecule has 2 aromatic carbocycles. The Hall–Kier alpha value is -2.40. The first-order valence-electron chi connectivity index (χ1n) is 5.84. The Labute approximate surface area is 112 Å². The maximum atomic E-state index is 5.63. The first-order chi connectivity index (χ1) is 9.38. The fraction of sp³-hybridized carbons (Fsp3) is 0. The molecule has 1 N–H and O–H groups in total. The lowest BCUT2D eigenvalue weighted by molar-refractivity contribution is 0.623. The number of nitrogens with one attached hydrogen (secondary N) is 1. The van der Waals surface area contributed by atoms with Crippen LogP contribution in [0.3, 0.4) is 0 Å². The van der Waals surface area contributed by atoms with Crippen molar-refractivity contribution in [3.8, 4) is 0 Å². The number of aromatic nitrogens is 2. The molecule has 4 rings (SSSR count). The molecule has 0 aliphatic rings. The van der Waals surface area contributed by atoms with Crippen molar-refractivity contribution in [2.75, 3.05) is 5.32 Å². The van der Waals surface area contributed by atoms with Crippen LogP contribution < -0.4 is 5.32 Å². The van der Waals surface area contributed by atoms with Crippen LogP contribution in [0.25, 0.3) is 21.3 Å². The predicted octanol–water partition coefficient (Wildman–Crippen LogP) is 4.18. The van der Waals surface area contributed by atoms with E-state index in [1.54, 1.807) is 11.3 Å². The van der Waals surface area contributed by atoms with Crippen LogP contribution in [0.15, 0.2) is 52.4 Å². The molecule has 92 valence electrons. The number of benzene rings is 2. The van der Waals surface area contributed by atoms with E-state index in [4.69, 9.17) is 4.42 Å². The molecule has 0 radical (unpaired) electrons. The number of anilines is 2. The van der Waals surface area contributed by atoms with Crippen molar-refractivity contribution >= 4 is 44.4 Å². The Morgan fingerprint density at radius 1 is 1.05 bits per heavy atom. The molecular weight excluding hydrogens is 258 g/mol. The highest BCUT2D eigenvalue weighted by atomic mass is 32.1. The van der Waals surface area contributed by atoms with Crippen molar-refractivity contribution < 1.29 is 4.42 Å². The van der Waals surface area contributed by atoms with Gasteiger partial charge in [0.2, 0.25) is 0 Å². The normalized spacial score (nSPS) is 11.2. The number of hydrogen-bond acceptors (Lipinski definition) is 5. The second kappa shape index (κ2) is 4.07. The van der Waals surface area contributed by atoms with Crippen LogP contribution in [-0.4, -0.2) is 9.97 Å². The molecule has 0 spiro atoms. The van der Waals surface area contributed by atoms with Crippen molar-refractivity contribution in [1.82, 2.24) is 9.97 Å². The van der Waals surface area contributed by atoms with Gasteiger partial charge >= 0.3 is 0 Å². The molecule has 2 heterocycles. The van der Waals surface area contributed by atoms with E-state index in [9.17, 15) is 0 Å². The van der Waals surface area contributed by atoms with E-state index in [1.807, 2.05) is 48.0 Å². The fourth-order valence-electron chi connectivity index (χ4n) is 1.98. The van der Waals surface area contributed by atoms with Gasteiger partial charge < -0.3 is 9.73 Å². The molecule has 4 nitrogen and oxygen atoms in total. The lowest BCUT2D eigenvalue weighted by atomic mass is 10.3. The van der Waals surface area contributed by atoms with Gasteiger partial charge in [0.15, 0.2) is 5.58 Å². The zero-order chi connectivity index (χ0) is 12.7. The highest BCUT2D eigenvalue weighted by molar-refractivity contribution is 7.16. The fourth-order valence-corrected chi connectivity index (χ4v) is 2.64. The van der Waals surface area contributed by atoms with Crippen molar-refractivity contribution in [2.45, 2.75) is 0 Å². The molecule has 0 amide bonds. The number of thiazole rings is 1. The molecule has 0 aliphatic heterocycles. The molecule has 19 heavy (non-hydrogen) atoms. The van der Waals surface area contributed by atoms with Crippen LogP contribution in [0.5, 0.6) is 0 Å². The van der Waals surface area contributed by atoms with Crippen LogP contribution >= 0.6 is 11.3 Å². The van der Waals surface area contributed by atoms with Gasteiger partial charge in [-0.3, -0.25) is 0 Å². The van der Waals surface area contributed by atoms with Gasteiger partial charge in [0.05, 0.1) is 15.7 Å². The van der Waals surface area contributed by atoms with E-state index < -0.39 is 0 Å². The summed E-state index contributed by atoms with van der Waals surface area (Å²) >= 11 is 1.63. The average molecular weight is 267 g/mol. The number of fused-ring (bicyclic) bond motifs is 2. The van der Waals surface area contributed by atoms with E-state index in [2.05, 4.69) is 15.3 Å². The Morgan fingerprint density at radius 2 is 2.00 bits per heavy atom. The third-order valence-corrected chi connectivity index (χ3v) is 3.69. The van der Waals surface area contributed by atoms with Gasteiger partial charge in [-0.1, -0.05) is 12.1 Å². The first kappa shape index (κ1) is 10.5. The third-order valence-electron chi connectivity index (χ3n) is 2.88. The van der Waals surface area contributed by atoms with Gasteiger partial charge in [-0.05, 0) is 30.3 Å². The van der Waals surface area contributed by atoms with Gasteiger partial charge in [-0.15, -0.1) is 11.3 Å². The van der Waals surface area contributed by atoms with Gasteiger partial charge in [-0.2, -0.15) is 4.98 Å². The Morgan fingerprint density at radius 3 is 2.95 bits per heavy atom. The quantitative estimate of drug-likeness (QED) is 0.592. The summed E-state index contributed by atoms with van der Waals surface area (Å²) in [7, 11) is 0. The monoisotopic (exact) mass is 267 g/mol. The summed E-state index contributed by atoms with van der Waals surface area (Å²) in [4.78, 5) is 8.67. The molecule has 0 saturated heterocycles. The minimum absolute atomic E-state index is 0.496. The van der Waals surface area contributed by atoms with E-state index in [0.29, 0.717) is 6.01 Å². The van der Waals surface area contributed by atoms with Crippen molar-refractivity contribution in [1.29, 1.82) is 0 Å². The first-order valence-corrected chi connectivity index (χ1v) is 6.72. The maximum Gasteiger partial charge on any atom is 0.300 e. The number of nitrogens with zero attached hydrogens (tertiary/aromatic N) is 2. The number of rotatable bonds is 2. The molecule has 0 bridgehead atoms. The average Bonchev–Trinajstić information content (AvgIpc) is 3.03. The smallest absolute Gasteiger partial charge is 0.300 e. The zero-order valence-corrected chi connectivity index (χ0v) is 10.6. The number of hydrogen-bond donors (Lipinski definition) is 1. The SMILES string of the molecule is c1ccc2oc(Nc3ccc4scnc4c3)nc2c1. The Balaban J connectivity index is 1.72. The Bertz CT molecular complexity index is 832. The molecule has 0 unspecified atom stereocenters. The number of oxazole rings is 1. The molecule has 5 heteroatoms. The molecule has 0 atom stereocenters. The Kier molecular flexibility index (Phi) is 2.25. The van der Waals surface area contributed by atoms with Crippen LogP contribution in [0.1, 0.15) is 0 Å². The molecule has 0 saturated carbocycles. The van der Waals surface area contributed by atoms with E-state index in [-0.39, 0.29) is 0 Å². The zero-order valence-electron chi connectivity index (χ0n) is 9.83. The molecule has 0 aliphatic carbocycles. The lowest BCUT2D eigenvalue weighted by Gasteiger charge is -2.00. The maximum absolute atomic E-state index is 5.63. The van der Waals surface area contributed by atoms with E-state index >= 15 is 0 Å². The molecule has 4 aromatic rings. The summed E-state index contributed by atoms with van der Waals surface area (Å²) in [5, 5.41) is 3.16. The van der Waals surface area contributed by atoms with Crippen LogP contribution in [0.2, 0.25) is 0 Å². The topological polar surface area (TPSA) is 51.0 Å². The summed E-state index contributed by atoms with van der Waals surface area (Å²) in [5.41, 5.74) is 5.36. The summed E-state index contributed by atoms with van der Waals surface area (Å²) in [6.45, 7) is 0. The van der Waals surface area contributed by atoms with E-state index in [1.165, 1.54) is 4.70 Å². The van der Waals surface area contributed by atoms with Crippen LogP contribution in [0, 0.1) is 0 Å². The largest absolute Gasteiger partial charge is 0.423 e. The summed E-state index contributed by atoms with van der Waals surface area (Å²) in [6.07, 6.45) is 0. The summed E-state index contributed by atoms with van der Waals surface area (Å²) in [6, 6.07) is 14.2. The minimum atomic E-state index is 0.496. The lowest BCUT2D eigenvalue weighted by Crippen LogP contribution is -1.89. The molecular formula is C14H9N3OS. The van der Waals surface area contributed by atoms with Gasteiger partial charge in [0.25, 0.3) is 6.01 Å². The minimum Gasteiger partial charge on any atom is -0.423 e. The van der Waals surface area contributed by atoms with Gasteiger partial charge in [0, 0.05) is 5.69 Å². The second-order valence-corrected chi connectivity index (χ2v) is 5.03. The van der Waals surface area contributed by atoms with Crippen molar-refractivity contribution in [2.24, 2.45) is 0 Å². The highest BCUT2D eigenvalue weighted by Crippen LogP contribution is 2.25. The summed E-state index contributed by atoms with van der Waals surface area (Å²) < 4.78 is 6.80. The number of para-hydroxylation sites is 2. The predicted molar refractivity (Wildman–Crippen MR) is 76.9 cm³/mol. The second-order valence-electron chi connectivity index (χ2n) is 4.15.